The van der Waals surface area contributed by atoms with Crippen molar-refractivity contribution in [3.8, 4) is 0 Å². The third-order valence-electron chi connectivity index (χ3n) is 5.85. The Morgan fingerprint density at radius 1 is 1.08 bits per heavy atom. The molecule has 0 bridgehead atoms. The molecule has 2 N–H and O–H groups in total. The zero-order chi connectivity index (χ0) is 25.9. The molecule has 1 aliphatic carbocycles. The van der Waals surface area contributed by atoms with Gasteiger partial charge in [0, 0.05) is 36.2 Å². The van der Waals surface area contributed by atoms with Gasteiger partial charge >= 0.3 is 5.97 Å². The lowest BCUT2D eigenvalue weighted by atomic mass is 10.0. The van der Waals surface area contributed by atoms with Crippen molar-refractivity contribution in [3.63, 3.8) is 0 Å². The number of ether oxygens (including phenoxy) is 1. The summed E-state index contributed by atoms with van der Waals surface area (Å²) in [6.07, 6.45) is 6.96. The van der Waals surface area contributed by atoms with Gasteiger partial charge in [0.05, 0.1) is 12.0 Å². The summed E-state index contributed by atoms with van der Waals surface area (Å²) in [5.41, 5.74) is 2.72. The average Bonchev–Trinajstić information content (AvgIpc) is 3.35. The van der Waals surface area contributed by atoms with Crippen molar-refractivity contribution in [2.75, 3.05) is 12.4 Å². The summed E-state index contributed by atoms with van der Waals surface area (Å²) in [4.78, 5) is 48.0. The van der Waals surface area contributed by atoms with E-state index < -0.39 is 16.9 Å². The number of esters is 1. The topological polar surface area (TPSA) is 128 Å². The molecule has 0 saturated heterocycles. The molecule has 0 spiro atoms. The first-order valence-corrected chi connectivity index (χ1v) is 11.7. The Morgan fingerprint density at radius 3 is 2.47 bits per heavy atom. The van der Waals surface area contributed by atoms with Crippen LogP contribution < -0.4 is 10.6 Å². The molecular weight excluding hydrogens is 462 g/mol. The lowest BCUT2D eigenvalue weighted by Crippen LogP contribution is -2.45. The molecule has 9 heteroatoms. The largest absolute Gasteiger partial charge is 0.469 e. The minimum Gasteiger partial charge on any atom is -0.469 e. The van der Waals surface area contributed by atoms with E-state index in [1.54, 1.807) is 0 Å². The number of nitrogens with zero attached hydrogens (tertiary/aromatic N) is 1. The predicted octanol–water partition coefficient (Wildman–Crippen LogP) is 4.25. The van der Waals surface area contributed by atoms with E-state index in [1.165, 1.54) is 31.4 Å². The van der Waals surface area contributed by atoms with Crippen LogP contribution in [-0.4, -0.2) is 35.9 Å². The van der Waals surface area contributed by atoms with Crippen LogP contribution in [0.4, 0.5) is 11.4 Å². The average molecular weight is 492 g/mol. The molecule has 9 nitrogen and oxygen atoms in total. The smallest absolute Gasteiger partial charge is 0.305 e. The third-order valence-corrected chi connectivity index (χ3v) is 5.85. The molecule has 2 aromatic carbocycles. The number of rotatable bonds is 11. The van der Waals surface area contributed by atoms with Gasteiger partial charge in [-0.05, 0) is 49.0 Å². The Labute approximate surface area is 209 Å². The first kappa shape index (κ1) is 26.3. The van der Waals surface area contributed by atoms with Crippen LogP contribution in [0.1, 0.15) is 37.7 Å². The summed E-state index contributed by atoms with van der Waals surface area (Å²) < 4.78 is 4.64. The number of nitro benzene ring substituents is 1. The van der Waals surface area contributed by atoms with Crippen molar-refractivity contribution >= 4 is 29.2 Å². The van der Waals surface area contributed by atoms with E-state index >= 15 is 0 Å². The van der Waals surface area contributed by atoms with Crippen LogP contribution in [0, 0.1) is 10.1 Å². The molecule has 188 valence electrons. The Morgan fingerprint density at radius 2 is 1.81 bits per heavy atom. The third kappa shape index (κ3) is 7.63. The van der Waals surface area contributed by atoms with Gasteiger partial charge in [0.1, 0.15) is 6.04 Å². The standard InChI is InChI=1S/C27H29N3O6/c1-36-25(31)13-6-5-10-20-11-7-12-23(20)26(32)29-24(18-19-8-3-2-4-9-19)27(33)28-21-14-16-22(17-15-21)30(34)35/h2-5,8-10,14-17,24H,6-7,11-13,18H2,1H3,(H,28,33)(H,29,32)/b10-5+/t24-/m0/s1. The molecule has 0 aliphatic heterocycles. The Bertz CT molecular complexity index is 1160. The highest BCUT2D eigenvalue weighted by Gasteiger charge is 2.26. The number of anilines is 1. The number of amides is 2. The van der Waals surface area contributed by atoms with Crippen molar-refractivity contribution in [1.29, 1.82) is 0 Å². The fourth-order valence-electron chi connectivity index (χ4n) is 3.94. The van der Waals surface area contributed by atoms with Gasteiger partial charge in [-0.1, -0.05) is 42.5 Å². The number of allylic oxidation sites excluding steroid dienone is 3. The number of benzene rings is 2. The summed E-state index contributed by atoms with van der Waals surface area (Å²) in [7, 11) is 1.34. The lowest BCUT2D eigenvalue weighted by molar-refractivity contribution is -0.384. The van der Waals surface area contributed by atoms with Gasteiger partial charge < -0.3 is 15.4 Å². The molecule has 0 heterocycles. The lowest BCUT2D eigenvalue weighted by Gasteiger charge is -2.19. The molecule has 0 saturated carbocycles. The molecule has 36 heavy (non-hydrogen) atoms. The van der Waals surface area contributed by atoms with Crippen LogP contribution in [0.5, 0.6) is 0 Å². The second-order valence-electron chi connectivity index (χ2n) is 8.38. The predicted molar refractivity (Wildman–Crippen MR) is 135 cm³/mol. The Hall–Kier alpha value is -4.27. The normalized spacial score (nSPS) is 13.9. The van der Waals surface area contributed by atoms with E-state index in [2.05, 4.69) is 15.4 Å². The number of methoxy groups -OCH3 is 1. The van der Waals surface area contributed by atoms with E-state index in [1.807, 2.05) is 42.5 Å². The number of nitrogens with one attached hydrogen (secondary N) is 2. The molecule has 0 fully saturated rings. The number of carbonyl (C=O) groups excluding carboxylic acids is 3. The molecular formula is C27H29N3O6. The highest BCUT2D eigenvalue weighted by atomic mass is 16.6. The highest BCUT2D eigenvalue weighted by Crippen LogP contribution is 2.27. The van der Waals surface area contributed by atoms with Crippen molar-refractivity contribution < 1.29 is 24.0 Å². The molecule has 0 aromatic heterocycles. The van der Waals surface area contributed by atoms with Gasteiger partial charge in [0.25, 0.3) is 5.69 Å². The van der Waals surface area contributed by atoms with Crippen LogP contribution in [0.15, 0.2) is 77.9 Å². The van der Waals surface area contributed by atoms with E-state index in [0.29, 0.717) is 24.1 Å². The molecule has 3 rings (SSSR count). The van der Waals surface area contributed by atoms with E-state index in [0.717, 1.165) is 24.0 Å². The number of carbonyl (C=O) groups is 3. The van der Waals surface area contributed by atoms with Crippen molar-refractivity contribution in [2.45, 2.75) is 44.6 Å². The second-order valence-corrected chi connectivity index (χ2v) is 8.38. The summed E-state index contributed by atoms with van der Waals surface area (Å²) in [5, 5.41) is 16.5. The maximum absolute atomic E-state index is 13.2. The number of non-ortho nitro benzene ring substituents is 1. The Kier molecular flexibility index (Phi) is 9.50. The van der Waals surface area contributed by atoms with Crippen LogP contribution in [-0.2, 0) is 25.5 Å². The highest BCUT2D eigenvalue weighted by molar-refractivity contribution is 6.01. The molecule has 2 aromatic rings. The number of hydrogen-bond acceptors (Lipinski definition) is 6. The maximum atomic E-state index is 13.2. The van der Waals surface area contributed by atoms with Crippen LogP contribution in [0.25, 0.3) is 0 Å². The van der Waals surface area contributed by atoms with Gasteiger partial charge in [-0.15, -0.1) is 0 Å². The van der Waals surface area contributed by atoms with Gasteiger partial charge in [0.15, 0.2) is 0 Å². The summed E-state index contributed by atoms with van der Waals surface area (Å²) in [5.74, 6) is -1.02. The van der Waals surface area contributed by atoms with Crippen LogP contribution >= 0.6 is 0 Å². The summed E-state index contributed by atoms with van der Waals surface area (Å²) >= 11 is 0. The second kappa shape index (κ2) is 13.0. The SMILES string of the molecule is COC(=O)CC/C=C/C1=C(C(=O)N[C@@H](Cc2ccccc2)C(=O)Nc2ccc([N+](=O)[O-])cc2)CCC1. The van der Waals surface area contributed by atoms with E-state index in [9.17, 15) is 24.5 Å². The van der Waals surface area contributed by atoms with Crippen molar-refractivity contribution in [3.05, 3.63) is 93.6 Å². The minimum atomic E-state index is -0.854. The molecule has 0 unspecified atom stereocenters. The Balaban J connectivity index is 1.73. The molecule has 1 aliphatic rings. The number of nitro groups is 1. The van der Waals surface area contributed by atoms with Crippen molar-refractivity contribution in [1.82, 2.24) is 5.32 Å². The van der Waals surface area contributed by atoms with Gasteiger partial charge in [0.2, 0.25) is 11.8 Å². The maximum Gasteiger partial charge on any atom is 0.305 e. The molecule has 0 radical (unpaired) electrons. The summed E-state index contributed by atoms with van der Waals surface area (Å²) in [6.45, 7) is 0. The van der Waals surface area contributed by atoms with Crippen LogP contribution in [0.3, 0.4) is 0 Å². The first-order valence-electron chi connectivity index (χ1n) is 11.7. The van der Waals surface area contributed by atoms with Crippen LogP contribution in [0.2, 0.25) is 0 Å². The summed E-state index contributed by atoms with van der Waals surface area (Å²) in [6, 6.07) is 14.0. The number of hydrogen-bond donors (Lipinski definition) is 2. The van der Waals surface area contributed by atoms with Gasteiger partial charge in [-0.2, -0.15) is 0 Å². The quantitative estimate of drug-likeness (QED) is 0.275. The fraction of sp³-hybridized carbons (Fsp3) is 0.296. The minimum absolute atomic E-state index is 0.0810. The van der Waals surface area contributed by atoms with Crippen molar-refractivity contribution in [2.24, 2.45) is 0 Å². The molecule has 2 amide bonds. The van der Waals surface area contributed by atoms with Gasteiger partial charge in [-0.3, -0.25) is 24.5 Å². The van der Waals surface area contributed by atoms with Gasteiger partial charge in [-0.25, -0.2) is 0 Å². The fourth-order valence-corrected chi connectivity index (χ4v) is 3.94. The first-order chi connectivity index (χ1) is 17.4. The monoisotopic (exact) mass is 491 g/mol. The van der Waals surface area contributed by atoms with E-state index in [-0.39, 0.29) is 30.4 Å². The molecule has 1 atom stereocenters. The zero-order valence-corrected chi connectivity index (χ0v) is 20.1. The van der Waals surface area contributed by atoms with E-state index in [4.69, 9.17) is 0 Å². The zero-order valence-electron chi connectivity index (χ0n) is 20.1.